The van der Waals surface area contributed by atoms with Crippen molar-refractivity contribution < 1.29 is 14.6 Å². The molecule has 2 aromatic carbocycles. The summed E-state index contributed by atoms with van der Waals surface area (Å²) in [5, 5.41) is 12.6. The summed E-state index contributed by atoms with van der Waals surface area (Å²) in [6.45, 7) is 6.60. The molecule has 7 nitrogen and oxygen atoms in total. The number of aromatic nitrogens is 1. The second-order valence-electron chi connectivity index (χ2n) is 8.60. The lowest BCUT2D eigenvalue weighted by Gasteiger charge is -2.45. The third-order valence-electron chi connectivity index (χ3n) is 6.21. The van der Waals surface area contributed by atoms with Gasteiger partial charge < -0.3 is 14.7 Å². The molecule has 1 N–H and O–H groups in total. The van der Waals surface area contributed by atoms with Gasteiger partial charge in [0.2, 0.25) is 5.43 Å². The molecule has 0 radical (unpaired) electrons. The van der Waals surface area contributed by atoms with Crippen molar-refractivity contribution in [2.24, 2.45) is 0 Å². The van der Waals surface area contributed by atoms with Gasteiger partial charge in [-0.3, -0.25) is 19.3 Å². The normalized spacial score (nSPS) is 17.4. The molecule has 2 aliphatic heterocycles. The Labute approximate surface area is 186 Å². The van der Waals surface area contributed by atoms with Crippen LogP contribution < -0.4 is 15.2 Å². The van der Waals surface area contributed by atoms with E-state index in [9.17, 15) is 14.7 Å². The fourth-order valence-electron chi connectivity index (χ4n) is 4.55. The molecule has 1 aromatic heterocycles. The number of amides is 1. The molecule has 5 rings (SSSR count). The second-order valence-corrected chi connectivity index (χ2v) is 8.60. The summed E-state index contributed by atoms with van der Waals surface area (Å²) in [4.78, 5) is 27.1. The lowest BCUT2D eigenvalue weighted by molar-refractivity contribution is 0.0621. The first-order valence-corrected chi connectivity index (χ1v) is 10.7. The number of aryl methyl sites for hydroxylation is 1. The minimum absolute atomic E-state index is 0.0192. The molecule has 164 valence electrons. The molecule has 1 amide bonds. The number of hydrogen-bond donors (Lipinski definition) is 1. The van der Waals surface area contributed by atoms with Crippen molar-refractivity contribution in [1.82, 2.24) is 9.58 Å². The molecule has 3 heterocycles. The van der Waals surface area contributed by atoms with E-state index in [1.807, 2.05) is 56.1 Å². The van der Waals surface area contributed by atoms with Crippen LogP contribution in [0.1, 0.15) is 52.6 Å². The van der Waals surface area contributed by atoms with Crippen LogP contribution in [0.15, 0.2) is 59.5 Å². The monoisotopic (exact) mass is 431 g/mol. The van der Waals surface area contributed by atoms with E-state index >= 15 is 0 Å². The zero-order valence-electron chi connectivity index (χ0n) is 18.3. The smallest absolute Gasteiger partial charge is 0.278 e. The number of carbonyl (C=O) groups excluding carboxylic acids is 1. The number of pyridine rings is 1. The lowest BCUT2D eigenvalue weighted by atomic mass is 9.93. The number of rotatable bonds is 2. The van der Waals surface area contributed by atoms with E-state index < -0.39 is 11.2 Å². The van der Waals surface area contributed by atoms with Crippen LogP contribution in [0, 0.1) is 6.92 Å². The summed E-state index contributed by atoms with van der Waals surface area (Å²) in [6, 6.07) is 15.1. The molecule has 1 unspecified atom stereocenters. The Kier molecular flexibility index (Phi) is 4.69. The first-order valence-electron chi connectivity index (χ1n) is 10.7. The maximum atomic E-state index is 13.2. The molecule has 0 saturated carbocycles. The maximum absolute atomic E-state index is 13.2. The highest BCUT2D eigenvalue weighted by molar-refractivity contribution is 5.96. The highest BCUT2D eigenvalue weighted by Gasteiger charge is 2.39. The number of carbonyl (C=O) groups is 1. The lowest BCUT2D eigenvalue weighted by Crippen LogP contribution is -2.57. The summed E-state index contributed by atoms with van der Waals surface area (Å²) in [5.74, 6) is -0.124. The summed E-state index contributed by atoms with van der Waals surface area (Å²) < 4.78 is 7.78. The maximum Gasteiger partial charge on any atom is 0.278 e. The van der Waals surface area contributed by atoms with Crippen LogP contribution in [0.3, 0.4) is 0 Å². The zero-order valence-corrected chi connectivity index (χ0v) is 18.3. The number of nitrogens with zero attached hydrogens (tertiary/aromatic N) is 3. The third kappa shape index (κ3) is 3.04. The standard InChI is InChI=1S/C25H25N3O4/c1-15(2)26-14-28(27-11-10-20(29)24(30)23(27)25(26)31)22-18-7-5-4-6-17(18)13-32-21-9-8-16(3)12-19(21)22/h4-12,15,22,30H,13-14H2,1-3H3. The predicted molar refractivity (Wildman–Crippen MR) is 121 cm³/mol. The van der Waals surface area contributed by atoms with E-state index in [1.54, 1.807) is 15.8 Å². The molecule has 0 aliphatic carbocycles. The van der Waals surface area contributed by atoms with Gasteiger partial charge in [-0.15, -0.1) is 0 Å². The van der Waals surface area contributed by atoms with E-state index in [2.05, 4.69) is 12.1 Å². The number of hydrogen-bond acceptors (Lipinski definition) is 5. The number of aromatic hydroxyl groups is 1. The fraction of sp³-hybridized carbons (Fsp3) is 0.280. The van der Waals surface area contributed by atoms with E-state index in [4.69, 9.17) is 4.74 Å². The van der Waals surface area contributed by atoms with Gasteiger partial charge >= 0.3 is 0 Å². The van der Waals surface area contributed by atoms with Crippen LogP contribution in [-0.2, 0) is 6.61 Å². The molecule has 2 aliphatic rings. The van der Waals surface area contributed by atoms with E-state index in [0.29, 0.717) is 6.61 Å². The first kappa shape index (κ1) is 20.2. The Morgan fingerprint density at radius 3 is 2.62 bits per heavy atom. The molecule has 1 atom stereocenters. The minimum atomic E-state index is -0.573. The van der Waals surface area contributed by atoms with Gasteiger partial charge in [0, 0.05) is 23.9 Å². The minimum Gasteiger partial charge on any atom is -0.502 e. The van der Waals surface area contributed by atoms with Crippen LogP contribution in [0.2, 0.25) is 0 Å². The highest BCUT2D eigenvalue weighted by atomic mass is 16.5. The van der Waals surface area contributed by atoms with Gasteiger partial charge in [0.05, 0.1) is 0 Å². The Balaban J connectivity index is 1.80. The third-order valence-corrected chi connectivity index (χ3v) is 6.21. The van der Waals surface area contributed by atoms with Crippen molar-refractivity contribution in [2.75, 3.05) is 11.7 Å². The molecule has 7 heteroatoms. The molecule has 0 fully saturated rings. The average Bonchev–Trinajstić information content (AvgIpc) is 2.93. The molecule has 0 spiro atoms. The van der Waals surface area contributed by atoms with Crippen molar-refractivity contribution in [3.8, 4) is 11.5 Å². The molecular formula is C25H25N3O4. The zero-order chi connectivity index (χ0) is 22.6. The van der Waals surface area contributed by atoms with Crippen LogP contribution in [-0.4, -0.2) is 33.3 Å². The van der Waals surface area contributed by atoms with Crippen LogP contribution >= 0.6 is 0 Å². The van der Waals surface area contributed by atoms with E-state index in [0.717, 1.165) is 28.0 Å². The van der Waals surface area contributed by atoms with Crippen LogP contribution in [0.4, 0.5) is 0 Å². The quantitative estimate of drug-likeness (QED) is 0.674. The SMILES string of the molecule is Cc1ccc2c(c1)C(N1CN(C(C)C)C(=O)c3c(O)c(=O)ccn31)c1ccccc1CO2. The van der Waals surface area contributed by atoms with Gasteiger partial charge in [0.1, 0.15) is 25.1 Å². The van der Waals surface area contributed by atoms with Gasteiger partial charge in [0.15, 0.2) is 11.4 Å². The summed E-state index contributed by atoms with van der Waals surface area (Å²) >= 11 is 0. The molecule has 32 heavy (non-hydrogen) atoms. The van der Waals surface area contributed by atoms with Crippen molar-refractivity contribution >= 4 is 5.91 Å². The molecule has 3 aromatic rings. The van der Waals surface area contributed by atoms with Gasteiger partial charge in [-0.05, 0) is 44.0 Å². The van der Waals surface area contributed by atoms with E-state index in [-0.39, 0.29) is 30.4 Å². The van der Waals surface area contributed by atoms with Gasteiger partial charge in [-0.2, -0.15) is 0 Å². The van der Waals surface area contributed by atoms with E-state index in [1.165, 1.54) is 6.07 Å². The highest BCUT2D eigenvalue weighted by Crippen LogP contribution is 2.41. The summed E-state index contributed by atoms with van der Waals surface area (Å²) in [7, 11) is 0. The Morgan fingerprint density at radius 1 is 1.06 bits per heavy atom. The number of ether oxygens (including phenoxy) is 1. The topological polar surface area (TPSA) is 75.0 Å². The fourth-order valence-corrected chi connectivity index (χ4v) is 4.55. The van der Waals surface area contributed by atoms with Gasteiger partial charge in [0.25, 0.3) is 5.91 Å². The van der Waals surface area contributed by atoms with Crippen LogP contribution in [0.25, 0.3) is 0 Å². The second kappa shape index (κ2) is 7.44. The Bertz CT molecular complexity index is 1280. The van der Waals surface area contributed by atoms with Gasteiger partial charge in [-0.25, -0.2) is 0 Å². The summed E-state index contributed by atoms with van der Waals surface area (Å²) in [6.07, 6.45) is 1.57. The number of benzene rings is 2. The van der Waals surface area contributed by atoms with Crippen molar-refractivity contribution in [1.29, 1.82) is 0 Å². The van der Waals surface area contributed by atoms with Gasteiger partial charge in [-0.1, -0.05) is 35.9 Å². The Morgan fingerprint density at radius 2 is 1.84 bits per heavy atom. The summed E-state index contributed by atoms with van der Waals surface area (Å²) in [5.41, 5.74) is 3.57. The largest absolute Gasteiger partial charge is 0.502 e. The van der Waals surface area contributed by atoms with Crippen molar-refractivity contribution in [2.45, 2.75) is 39.5 Å². The average molecular weight is 431 g/mol. The Hall–Kier alpha value is -3.74. The van der Waals surface area contributed by atoms with Crippen molar-refractivity contribution in [3.05, 3.63) is 92.9 Å². The first-order chi connectivity index (χ1) is 15.4. The predicted octanol–water partition coefficient (Wildman–Crippen LogP) is 3.30. The number of fused-ring (bicyclic) bond motifs is 3. The van der Waals surface area contributed by atoms with Crippen molar-refractivity contribution in [3.63, 3.8) is 0 Å². The molecule has 0 saturated heterocycles. The van der Waals surface area contributed by atoms with Crippen LogP contribution in [0.5, 0.6) is 11.5 Å². The molecular weight excluding hydrogens is 406 g/mol. The molecule has 0 bridgehead atoms.